The first kappa shape index (κ1) is 33.0. The summed E-state index contributed by atoms with van der Waals surface area (Å²) in [5, 5.41) is 2.98. The minimum Gasteiger partial charge on any atom is -0.497 e. The Labute approximate surface area is 254 Å². The van der Waals surface area contributed by atoms with E-state index in [2.05, 4.69) is 5.32 Å². The first-order valence-corrected chi connectivity index (χ1v) is 16.4. The van der Waals surface area contributed by atoms with Gasteiger partial charge in [-0.15, -0.1) is 11.8 Å². The summed E-state index contributed by atoms with van der Waals surface area (Å²) in [6, 6.07) is 20.0. The molecule has 0 aromatic heterocycles. The minimum absolute atomic E-state index is 0.0768. The van der Waals surface area contributed by atoms with E-state index in [4.69, 9.17) is 4.74 Å². The maximum absolute atomic E-state index is 14.2. The lowest BCUT2D eigenvalue weighted by molar-refractivity contribution is -0.141. The number of ether oxygens (including phenoxy) is 1. The van der Waals surface area contributed by atoms with Gasteiger partial charge in [0.15, 0.2) is 0 Å². The lowest BCUT2D eigenvalue weighted by Gasteiger charge is -2.34. The molecular formula is C32H41N3O5S2. The molecule has 2 amide bonds. The molecule has 0 saturated carbocycles. The van der Waals surface area contributed by atoms with Crippen LogP contribution in [0.2, 0.25) is 0 Å². The second-order valence-corrected chi connectivity index (χ2v) is 13.8. The van der Waals surface area contributed by atoms with E-state index >= 15 is 0 Å². The highest BCUT2D eigenvalue weighted by Crippen LogP contribution is 2.27. The van der Waals surface area contributed by atoms with Gasteiger partial charge < -0.3 is 15.0 Å². The van der Waals surface area contributed by atoms with Gasteiger partial charge in [-0.1, -0.05) is 36.8 Å². The molecule has 10 heteroatoms. The molecule has 0 saturated heterocycles. The standard InChI is InChI=1S/C32H41N3O5S2/c1-8-29(31(37)33-32(3,4)5)34(21-24-11-15-26(40-6)16-12-24)30(36)22-35(25-13-9-23(2)10-14-25)42(38,39)28-19-17-27(41-7)18-20-28/h9-20,29H,8,21-22H2,1-7H3,(H,33,37)/t29-/m1/s1. The average Bonchev–Trinajstić information content (AvgIpc) is 2.95. The topological polar surface area (TPSA) is 96.0 Å². The number of benzene rings is 3. The summed E-state index contributed by atoms with van der Waals surface area (Å²) in [5.74, 6) is -0.130. The minimum atomic E-state index is -4.12. The van der Waals surface area contributed by atoms with Crippen molar-refractivity contribution < 1.29 is 22.7 Å². The summed E-state index contributed by atoms with van der Waals surface area (Å²) in [7, 11) is -2.55. The summed E-state index contributed by atoms with van der Waals surface area (Å²) < 4.78 is 34.4. The number of sulfonamides is 1. The van der Waals surface area contributed by atoms with E-state index in [0.29, 0.717) is 17.9 Å². The molecule has 0 heterocycles. The molecule has 3 aromatic carbocycles. The number of nitrogens with one attached hydrogen (secondary N) is 1. The highest BCUT2D eigenvalue weighted by molar-refractivity contribution is 7.98. The van der Waals surface area contributed by atoms with Crippen LogP contribution in [0.4, 0.5) is 5.69 Å². The molecular weight excluding hydrogens is 571 g/mol. The highest BCUT2D eigenvalue weighted by Gasteiger charge is 2.34. The normalized spacial score (nSPS) is 12.4. The van der Waals surface area contributed by atoms with E-state index in [1.807, 2.05) is 53.0 Å². The molecule has 0 aliphatic carbocycles. The van der Waals surface area contributed by atoms with Gasteiger partial charge in [-0.25, -0.2) is 8.42 Å². The van der Waals surface area contributed by atoms with Crippen LogP contribution < -0.4 is 14.4 Å². The van der Waals surface area contributed by atoms with Gasteiger partial charge in [0.2, 0.25) is 11.8 Å². The maximum atomic E-state index is 14.2. The molecule has 3 aromatic rings. The van der Waals surface area contributed by atoms with Crippen LogP contribution in [0.3, 0.4) is 0 Å². The fourth-order valence-electron chi connectivity index (χ4n) is 4.41. The number of hydrogen-bond acceptors (Lipinski definition) is 6. The number of thioether (sulfide) groups is 1. The molecule has 0 bridgehead atoms. The smallest absolute Gasteiger partial charge is 0.264 e. The Morgan fingerprint density at radius 2 is 1.55 bits per heavy atom. The number of anilines is 1. The predicted molar refractivity (Wildman–Crippen MR) is 169 cm³/mol. The quantitative estimate of drug-likeness (QED) is 0.266. The third kappa shape index (κ3) is 8.51. The van der Waals surface area contributed by atoms with Gasteiger partial charge in [0.1, 0.15) is 18.3 Å². The number of aryl methyl sites for hydroxylation is 1. The van der Waals surface area contributed by atoms with Crippen molar-refractivity contribution in [1.29, 1.82) is 0 Å². The Kier molecular flexibility index (Phi) is 11.1. The summed E-state index contributed by atoms with van der Waals surface area (Å²) in [6.07, 6.45) is 2.26. The number of methoxy groups -OCH3 is 1. The second kappa shape index (κ2) is 14.1. The first-order chi connectivity index (χ1) is 19.8. The maximum Gasteiger partial charge on any atom is 0.264 e. The van der Waals surface area contributed by atoms with E-state index in [1.54, 1.807) is 67.8 Å². The van der Waals surface area contributed by atoms with E-state index in [-0.39, 0.29) is 17.3 Å². The van der Waals surface area contributed by atoms with Crippen LogP contribution in [-0.4, -0.2) is 56.6 Å². The zero-order valence-corrected chi connectivity index (χ0v) is 27.0. The molecule has 0 aliphatic rings. The summed E-state index contributed by atoms with van der Waals surface area (Å²) in [4.78, 5) is 30.1. The van der Waals surface area contributed by atoms with Crippen LogP contribution in [0.5, 0.6) is 5.75 Å². The molecule has 0 unspecified atom stereocenters. The molecule has 0 spiro atoms. The number of amides is 2. The van der Waals surface area contributed by atoms with Gasteiger partial charge >= 0.3 is 0 Å². The number of hydrogen-bond donors (Lipinski definition) is 1. The fraction of sp³-hybridized carbons (Fsp3) is 0.375. The van der Waals surface area contributed by atoms with Crippen LogP contribution in [0.15, 0.2) is 82.6 Å². The third-order valence-corrected chi connectivity index (χ3v) is 9.18. The van der Waals surface area contributed by atoms with Crippen LogP contribution in [0.1, 0.15) is 45.2 Å². The molecule has 3 rings (SSSR count). The van der Waals surface area contributed by atoms with Gasteiger partial charge in [0.25, 0.3) is 10.0 Å². The predicted octanol–water partition coefficient (Wildman–Crippen LogP) is 5.64. The van der Waals surface area contributed by atoms with Crippen LogP contribution in [-0.2, 0) is 26.2 Å². The number of rotatable bonds is 12. The van der Waals surface area contributed by atoms with Crippen molar-refractivity contribution in [2.45, 2.75) is 69.0 Å². The third-order valence-electron chi connectivity index (χ3n) is 6.64. The average molecular weight is 612 g/mol. The van der Waals surface area contributed by atoms with Crippen molar-refractivity contribution in [2.75, 3.05) is 24.2 Å². The number of nitrogens with zero attached hydrogens (tertiary/aromatic N) is 2. The van der Waals surface area contributed by atoms with Crippen molar-refractivity contribution in [1.82, 2.24) is 10.2 Å². The van der Waals surface area contributed by atoms with Crippen molar-refractivity contribution in [3.8, 4) is 5.75 Å². The van der Waals surface area contributed by atoms with E-state index in [9.17, 15) is 18.0 Å². The van der Waals surface area contributed by atoms with Crippen LogP contribution in [0.25, 0.3) is 0 Å². The molecule has 0 fully saturated rings. The lowest BCUT2D eigenvalue weighted by Crippen LogP contribution is -2.55. The molecule has 1 N–H and O–H groups in total. The van der Waals surface area contributed by atoms with Gasteiger partial charge in [-0.3, -0.25) is 13.9 Å². The van der Waals surface area contributed by atoms with Gasteiger partial charge in [-0.05, 0) is 94.5 Å². The van der Waals surface area contributed by atoms with Crippen molar-refractivity contribution in [3.05, 3.63) is 83.9 Å². The second-order valence-electron chi connectivity index (χ2n) is 11.1. The van der Waals surface area contributed by atoms with Crippen molar-refractivity contribution in [3.63, 3.8) is 0 Å². The van der Waals surface area contributed by atoms with Crippen molar-refractivity contribution in [2.24, 2.45) is 0 Å². The molecule has 8 nitrogen and oxygen atoms in total. The van der Waals surface area contributed by atoms with Gasteiger partial charge in [0.05, 0.1) is 17.7 Å². The van der Waals surface area contributed by atoms with Crippen LogP contribution in [0, 0.1) is 6.92 Å². The molecule has 0 aliphatic heterocycles. The summed E-state index contributed by atoms with van der Waals surface area (Å²) >= 11 is 1.51. The highest BCUT2D eigenvalue weighted by atomic mass is 32.2. The Morgan fingerprint density at radius 1 is 0.952 bits per heavy atom. The van der Waals surface area contributed by atoms with Crippen molar-refractivity contribution >= 4 is 39.3 Å². The monoisotopic (exact) mass is 611 g/mol. The van der Waals surface area contributed by atoms with Gasteiger partial charge in [-0.2, -0.15) is 0 Å². The number of carbonyl (C=O) groups is 2. The fourth-order valence-corrected chi connectivity index (χ4v) is 6.24. The molecule has 42 heavy (non-hydrogen) atoms. The Bertz CT molecular complexity index is 1450. The summed E-state index contributed by atoms with van der Waals surface area (Å²) in [6.45, 7) is 9.01. The Balaban J connectivity index is 2.06. The molecule has 1 atom stereocenters. The van der Waals surface area contributed by atoms with Crippen LogP contribution >= 0.6 is 11.8 Å². The number of carbonyl (C=O) groups excluding carboxylic acids is 2. The SMILES string of the molecule is CC[C@H](C(=O)NC(C)(C)C)N(Cc1ccc(OC)cc1)C(=O)CN(c1ccc(C)cc1)S(=O)(=O)c1ccc(SC)cc1. The van der Waals surface area contributed by atoms with E-state index in [1.165, 1.54) is 16.7 Å². The summed E-state index contributed by atoms with van der Waals surface area (Å²) in [5.41, 5.74) is 1.58. The Hall–Kier alpha value is -3.50. The zero-order valence-electron chi connectivity index (χ0n) is 25.4. The first-order valence-electron chi connectivity index (χ1n) is 13.8. The van der Waals surface area contributed by atoms with E-state index < -0.39 is 34.1 Å². The Morgan fingerprint density at radius 3 is 2.05 bits per heavy atom. The molecule has 0 radical (unpaired) electrons. The molecule has 226 valence electrons. The largest absolute Gasteiger partial charge is 0.497 e. The zero-order chi connectivity index (χ0) is 31.1. The van der Waals surface area contributed by atoms with Gasteiger partial charge in [0, 0.05) is 17.0 Å². The van der Waals surface area contributed by atoms with E-state index in [0.717, 1.165) is 20.3 Å². The lowest BCUT2D eigenvalue weighted by atomic mass is 10.1.